The highest BCUT2D eigenvalue weighted by Gasteiger charge is 2.19. The minimum Gasteiger partial charge on any atom is -0.379 e. The molecule has 0 bridgehead atoms. The lowest BCUT2D eigenvalue weighted by atomic mass is 10.0. The van der Waals surface area contributed by atoms with Crippen molar-refractivity contribution in [1.82, 2.24) is 20.1 Å². The largest absolute Gasteiger partial charge is 0.379 e. The second kappa shape index (κ2) is 11.4. The molecule has 33 heavy (non-hydrogen) atoms. The van der Waals surface area contributed by atoms with Crippen LogP contribution in [0.3, 0.4) is 0 Å². The Morgan fingerprint density at radius 2 is 2.00 bits per heavy atom. The number of aryl methyl sites for hydroxylation is 2. The van der Waals surface area contributed by atoms with Crippen molar-refractivity contribution in [2.24, 2.45) is 0 Å². The molecule has 2 N–H and O–H groups in total. The average molecular weight is 473 g/mol. The maximum absolute atomic E-state index is 12.9. The Morgan fingerprint density at radius 1 is 1.21 bits per heavy atom. The number of aromatic amines is 1. The van der Waals surface area contributed by atoms with Gasteiger partial charge in [-0.3, -0.25) is 9.69 Å². The molecule has 2 saturated heterocycles. The van der Waals surface area contributed by atoms with Crippen molar-refractivity contribution in [3.8, 4) is 0 Å². The highest BCUT2D eigenvalue weighted by Crippen LogP contribution is 2.18. The molecule has 1 atom stereocenters. The minimum atomic E-state index is -0.0501. The number of morpholine rings is 1. The van der Waals surface area contributed by atoms with Crippen molar-refractivity contribution >= 4 is 28.2 Å². The molecule has 180 valence electrons. The summed E-state index contributed by atoms with van der Waals surface area (Å²) in [5, 5.41) is 5.14. The van der Waals surface area contributed by atoms with Gasteiger partial charge in [-0.15, -0.1) is 0 Å². The van der Waals surface area contributed by atoms with Crippen molar-refractivity contribution < 1.29 is 9.47 Å². The molecule has 7 nitrogen and oxygen atoms in total. The number of aromatic nitrogens is 1. The molecule has 0 radical (unpaired) electrons. The summed E-state index contributed by atoms with van der Waals surface area (Å²) < 4.78 is 11.2. The maximum Gasteiger partial charge on any atom is 0.253 e. The fraction of sp³-hybridized carbons (Fsp3) is 0.600. The predicted molar refractivity (Wildman–Crippen MR) is 136 cm³/mol. The molecular formula is C25H36N4O3S. The predicted octanol–water partition coefficient (Wildman–Crippen LogP) is 2.72. The molecule has 0 saturated carbocycles. The van der Waals surface area contributed by atoms with Gasteiger partial charge in [0.25, 0.3) is 5.56 Å². The van der Waals surface area contributed by atoms with Crippen LogP contribution in [0.5, 0.6) is 0 Å². The molecule has 0 spiro atoms. The molecule has 8 heteroatoms. The van der Waals surface area contributed by atoms with Gasteiger partial charge in [0.1, 0.15) is 0 Å². The molecule has 3 heterocycles. The van der Waals surface area contributed by atoms with Gasteiger partial charge in [0.05, 0.1) is 25.9 Å². The third kappa shape index (κ3) is 6.53. The minimum absolute atomic E-state index is 0.0501. The number of ether oxygens (including phenoxy) is 2. The zero-order chi connectivity index (χ0) is 23.2. The summed E-state index contributed by atoms with van der Waals surface area (Å²) in [7, 11) is 0. The van der Waals surface area contributed by atoms with E-state index in [0.29, 0.717) is 18.2 Å². The van der Waals surface area contributed by atoms with E-state index in [2.05, 4.69) is 40.0 Å². The zero-order valence-corrected chi connectivity index (χ0v) is 20.6. The number of thiocarbonyl (C=S) groups is 1. The van der Waals surface area contributed by atoms with Gasteiger partial charge in [-0.2, -0.15) is 0 Å². The third-order valence-corrected chi connectivity index (χ3v) is 7.10. The lowest BCUT2D eigenvalue weighted by Gasteiger charge is -2.30. The third-order valence-electron chi connectivity index (χ3n) is 6.69. The molecular weight excluding hydrogens is 436 g/mol. The van der Waals surface area contributed by atoms with Crippen LogP contribution in [0.25, 0.3) is 10.9 Å². The fourth-order valence-corrected chi connectivity index (χ4v) is 4.76. The van der Waals surface area contributed by atoms with Crippen LogP contribution < -0.4 is 10.9 Å². The van der Waals surface area contributed by atoms with E-state index < -0.39 is 0 Å². The maximum atomic E-state index is 12.9. The van der Waals surface area contributed by atoms with E-state index in [1.165, 1.54) is 11.1 Å². The lowest BCUT2D eigenvalue weighted by Crippen LogP contribution is -2.44. The number of rotatable bonds is 8. The zero-order valence-electron chi connectivity index (χ0n) is 19.8. The van der Waals surface area contributed by atoms with Crippen LogP contribution in [0.15, 0.2) is 23.0 Å². The van der Waals surface area contributed by atoms with Crippen molar-refractivity contribution in [1.29, 1.82) is 0 Å². The standard InChI is InChI=1S/C25H36N4O3S/c1-18-13-20-15-21(24(30)27-23(20)14-19(18)2)17-29(7-4-6-28-8-11-31-12-9-28)25(33)26-16-22-5-3-10-32-22/h13-15,22H,3-12,16-17H2,1-2H3,(H,26,33)(H,27,30)/t22-/m1/s1. The summed E-state index contributed by atoms with van der Waals surface area (Å²) in [5.41, 5.74) is 3.96. The van der Waals surface area contributed by atoms with E-state index in [1.54, 1.807) is 0 Å². The van der Waals surface area contributed by atoms with E-state index >= 15 is 0 Å². The molecule has 0 unspecified atom stereocenters. The molecule has 0 aliphatic carbocycles. The average Bonchev–Trinajstić information content (AvgIpc) is 3.33. The first kappa shape index (κ1) is 24.1. The van der Waals surface area contributed by atoms with Gasteiger partial charge in [0.2, 0.25) is 0 Å². The van der Waals surface area contributed by atoms with Crippen LogP contribution in [-0.4, -0.2) is 78.5 Å². The molecule has 1 aromatic carbocycles. The van der Waals surface area contributed by atoms with Gasteiger partial charge in [-0.05, 0) is 80.0 Å². The summed E-state index contributed by atoms with van der Waals surface area (Å²) in [4.78, 5) is 20.5. The summed E-state index contributed by atoms with van der Waals surface area (Å²) >= 11 is 5.77. The molecule has 1 aromatic heterocycles. The van der Waals surface area contributed by atoms with Gasteiger partial charge in [0, 0.05) is 50.4 Å². The number of fused-ring (bicyclic) bond motifs is 1. The molecule has 2 fully saturated rings. The molecule has 4 rings (SSSR count). The summed E-state index contributed by atoms with van der Waals surface area (Å²) in [6.45, 7) is 11.5. The SMILES string of the molecule is Cc1cc2cc(CN(CCCN3CCOCC3)C(=S)NC[C@H]3CCCO3)c(=O)[nH]c2cc1C. The molecule has 2 aliphatic heterocycles. The van der Waals surface area contributed by atoms with Crippen LogP contribution in [0.1, 0.15) is 36.0 Å². The molecule has 0 amide bonds. The Morgan fingerprint density at radius 3 is 2.76 bits per heavy atom. The van der Waals surface area contributed by atoms with E-state index in [9.17, 15) is 4.79 Å². The van der Waals surface area contributed by atoms with Crippen LogP contribution in [0.2, 0.25) is 0 Å². The van der Waals surface area contributed by atoms with Crippen LogP contribution in [0, 0.1) is 13.8 Å². The van der Waals surface area contributed by atoms with Crippen LogP contribution in [0.4, 0.5) is 0 Å². The van der Waals surface area contributed by atoms with Crippen molar-refractivity contribution in [3.63, 3.8) is 0 Å². The molecule has 2 aromatic rings. The first-order valence-electron chi connectivity index (χ1n) is 12.1. The van der Waals surface area contributed by atoms with Crippen molar-refractivity contribution in [2.45, 2.75) is 45.8 Å². The highest BCUT2D eigenvalue weighted by molar-refractivity contribution is 7.80. The Labute approximate surface area is 201 Å². The fourth-order valence-electron chi connectivity index (χ4n) is 4.53. The monoisotopic (exact) mass is 472 g/mol. The van der Waals surface area contributed by atoms with E-state index in [4.69, 9.17) is 21.7 Å². The summed E-state index contributed by atoms with van der Waals surface area (Å²) in [6, 6.07) is 6.20. The van der Waals surface area contributed by atoms with Crippen LogP contribution in [-0.2, 0) is 16.0 Å². The topological polar surface area (TPSA) is 69.8 Å². The first-order chi connectivity index (χ1) is 16.0. The van der Waals surface area contributed by atoms with Gasteiger partial charge < -0.3 is 24.7 Å². The Kier molecular flexibility index (Phi) is 8.35. The highest BCUT2D eigenvalue weighted by atomic mass is 32.1. The van der Waals surface area contributed by atoms with Crippen molar-refractivity contribution in [3.05, 3.63) is 45.2 Å². The Bertz CT molecular complexity index is 1010. The number of benzene rings is 1. The quantitative estimate of drug-likeness (QED) is 0.573. The first-order valence-corrected chi connectivity index (χ1v) is 12.5. The number of hydrogen-bond donors (Lipinski definition) is 2. The second-order valence-electron chi connectivity index (χ2n) is 9.20. The Balaban J connectivity index is 1.46. The number of nitrogens with zero attached hydrogens (tertiary/aromatic N) is 2. The number of pyridine rings is 1. The van der Waals surface area contributed by atoms with E-state index in [-0.39, 0.29) is 11.7 Å². The van der Waals surface area contributed by atoms with Gasteiger partial charge >= 0.3 is 0 Å². The Hall–Kier alpha value is -2.00. The number of H-pyrrole nitrogens is 1. The second-order valence-corrected chi connectivity index (χ2v) is 9.58. The number of nitrogens with one attached hydrogen (secondary N) is 2. The van der Waals surface area contributed by atoms with Gasteiger partial charge in [0.15, 0.2) is 5.11 Å². The summed E-state index contributed by atoms with van der Waals surface area (Å²) in [5.74, 6) is 0. The molecule has 2 aliphatic rings. The van der Waals surface area contributed by atoms with Crippen LogP contribution >= 0.6 is 12.2 Å². The smallest absolute Gasteiger partial charge is 0.253 e. The van der Waals surface area contributed by atoms with E-state index in [1.807, 2.05) is 12.1 Å². The van der Waals surface area contributed by atoms with E-state index in [0.717, 1.165) is 81.7 Å². The van der Waals surface area contributed by atoms with Gasteiger partial charge in [-0.25, -0.2) is 0 Å². The number of hydrogen-bond acceptors (Lipinski definition) is 5. The van der Waals surface area contributed by atoms with Crippen molar-refractivity contribution in [2.75, 3.05) is 52.5 Å². The van der Waals surface area contributed by atoms with Gasteiger partial charge in [-0.1, -0.05) is 0 Å². The summed E-state index contributed by atoms with van der Waals surface area (Å²) in [6.07, 6.45) is 3.36. The lowest BCUT2D eigenvalue weighted by molar-refractivity contribution is 0.0367. The normalized spacial score (nSPS) is 19.2.